The summed E-state index contributed by atoms with van der Waals surface area (Å²) in [6.45, 7) is 5.72. The molecule has 2 heteroatoms. The predicted octanol–water partition coefficient (Wildman–Crippen LogP) is 4.16. The molecule has 0 atom stereocenters. The van der Waals surface area contributed by atoms with Gasteiger partial charge in [-0.05, 0) is 62.7 Å². The highest BCUT2D eigenvalue weighted by molar-refractivity contribution is 5.38. The van der Waals surface area contributed by atoms with E-state index >= 15 is 0 Å². The highest BCUT2D eigenvalue weighted by atomic mass is 15.1. The second-order valence-corrected chi connectivity index (χ2v) is 5.90. The van der Waals surface area contributed by atoms with E-state index in [-0.39, 0.29) is 0 Å². The van der Waals surface area contributed by atoms with E-state index in [1.165, 1.54) is 55.7 Å². The zero-order chi connectivity index (χ0) is 13.8. The number of benzene rings is 1. The van der Waals surface area contributed by atoms with Crippen molar-refractivity contribution in [3.05, 3.63) is 53.9 Å². The van der Waals surface area contributed by atoms with Gasteiger partial charge in [0.1, 0.15) is 0 Å². The number of aryl methyl sites for hydroxylation is 1. The molecule has 1 aromatic carbocycles. The molecular weight excluding hydrogens is 244 g/mol. The van der Waals surface area contributed by atoms with Crippen molar-refractivity contribution in [3.63, 3.8) is 0 Å². The summed E-state index contributed by atoms with van der Waals surface area (Å²) in [5, 5.41) is 0. The Morgan fingerprint density at radius 1 is 0.950 bits per heavy atom. The molecule has 1 aromatic heterocycles. The van der Waals surface area contributed by atoms with Gasteiger partial charge in [0.2, 0.25) is 0 Å². The second-order valence-electron chi connectivity index (χ2n) is 5.90. The van der Waals surface area contributed by atoms with Gasteiger partial charge in [0.15, 0.2) is 0 Å². The first-order chi connectivity index (χ1) is 9.83. The van der Waals surface area contributed by atoms with Crippen LogP contribution in [-0.2, 0) is 6.54 Å². The van der Waals surface area contributed by atoms with E-state index in [1.807, 2.05) is 0 Å². The zero-order valence-electron chi connectivity index (χ0n) is 12.4. The van der Waals surface area contributed by atoms with Gasteiger partial charge in [0.05, 0.1) is 0 Å². The largest absolute Gasteiger partial charge is 0.320 e. The van der Waals surface area contributed by atoms with Gasteiger partial charge in [-0.25, -0.2) is 0 Å². The molecule has 2 aromatic rings. The lowest BCUT2D eigenvalue weighted by Gasteiger charge is -2.21. The highest BCUT2D eigenvalue weighted by Crippen LogP contribution is 2.18. The average molecular weight is 268 g/mol. The number of hydrogen-bond acceptors (Lipinski definition) is 1. The molecule has 1 aliphatic heterocycles. The first-order valence-electron chi connectivity index (χ1n) is 7.78. The van der Waals surface area contributed by atoms with E-state index in [2.05, 4.69) is 59.0 Å². The third-order valence-electron chi connectivity index (χ3n) is 4.20. The number of aromatic nitrogens is 1. The quantitative estimate of drug-likeness (QED) is 0.811. The van der Waals surface area contributed by atoms with Crippen LogP contribution in [0.1, 0.15) is 36.9 Å². The van der Waals surface area contributed by atoms with Crippen molar-refractivity contribution in [2.75, 3.05) is 13.1 Å². The molecule has 0 aliphatic carbocycles. The van der Waals surface area contributed by atoms with E-state index in [4.69, 9.17) is 0 Å². The number of rotatable bonds is 3. The Hall–Kier alpha value is -1.54. The highest BCUT2D eigenvalue weighted by Gasteiger charge is 2.12. The van der Waals surface area contributed by atoms with Gasteiger partial charge >= 0.3 is 0 Å². The third-order valence-corrected chi connectivity index (χ3v) is 4.20. The Balaban J connectivity index is 1.79. The second kappa shape index (κ2) is 6.27. The summed E-state index contributed by atoms with van der Waals surface area (Å²) >= 11 is 0. The standard InChI is InChI=1S/C18H24N2/c1-16-8-6-9-17(14-16)20-13-7-10-18(20)15-19-11-4-2-3-5-12-19/h6-10,13-14H,2-5,11-12,15H2,1H3. The lowest BCUT2D eigenvalue weighted by atomic mass is 10.2. The molecule has 0 amide bonds. The smallest absolute Gasteiger partial charge is 0.0455 e. The van der Waals surface area contributed by atoms with E-state index in [9.17, 15) is 0 Å². The predicted molar refractivity (Wildman–Crippen MR) is 84.3 cm³/mol. The van der Waals surface area contributed by atoms with E-state index in [0.29, 0.717) is 0 Å². The summed E-state index contributed by atoms with van der Waals surface area (Å²) in [6, 6.07) is 13.2. The summed E-state index contributed by atoms with van der Waals surface area (Å²) in [5.41, 5.74) is 3.99. The first-order valence-corrected chi connectivity index (χ1v) is 7.78. The Morgan fingerprint density at radius 3 is 2.50 bits per heavy atom. The normalized spacial score (nSPS) is 17.1. The van der Waals surface area contributed by atoms with Crippen molar-refractivity contribution in [2.24, 2.45) is 0 Å². The molecule has 0 spiro atoms. The van der Waals surface area contributed by atoms with Crippen LogP contribution >= 0.6 is 0 Å². The summed E-state index contributed by atoms with van der Waals surface area (Å²) < 4.78 is 2.33. The van der Waals surface area contributed by atoms with Crippen LogP contribution in [0.4, 0.5) is 0 Å². The fourth-order valence-electron chi connectivity index (χ4n) is 3.10. The van der Waals surface area contributed by atoms with Gasteiger partial charge in [0, 0.05) is 24.1 Å². The Morgan fingerprint density at radius 2 is 1.75 bits per heavy atom. The molecule has 2 heterocycles. The maximum Gasteiger partial charge on any atom is 0.0455 e. The van der Waals surface area contributed by atoms with Gasteiger partial charge in [-0.15, -0.1) is 0 Å². The fraction of sp³-hybridized carbons (Fsp3) is 0.444. The monoisotopic (exact) mass is 268 g/mol. The summed E-state index contributed by atoms with van der Waals surface area (Å²) in [7, 11) is 0. The first kappa shape index (κ1) is 13.4. The number of likely N-dealkylation sites (tertiary alicyclic amines) is 1. The molecule has 1 saturated heterocycles. The van der Waals surface area contributed by atoms with Crippen molar-refractivity contribution in [1.29, 1.82) is 0 Å². The van der Waals surface area contributed by atoms with Crippen LogP contribution in [0.2, 0.25) is 0 Å². The minimum atomic E-state index is 1.07. The van der Waals surface area contributed by atoms with Crippen LogP contribution in [0.15, 0.2) is 42.6 Å². The third kappa shape index (κ3) is 3.13. The Labute approximate surface area is 122 Å². The topological polar surface area (TPSA) is 8.17 Å². The van der Waals surface area contributed by atoms with E-state index in [1.54, 1.807) is 0 Å². The molecule has 0 N–H and O–H groups in total. The molecule has 0 bridgehead atoms. The van der Waals surface area contributed by atoms with Crippen LogP contribution < -0.4 is 0 Å². The molecular formula is C18H24N2. The van der Waals surface area contributed by atoms with Crippen LogP contribution in [0.5, 0.6) is 0 Å². The van der Waals surface area contributed by atoms with Gasteiger partial charge in [-0.3, -0.25) is 4.90 Å². The van der Waals surface area contributed by atoms with Crippen LogP contribution in [0.3, 0.4) is 0 Å². The molecule has 2 nitrogen and oxygen atoms in total. The van der Waals surface area contributed by atoms with E-state index in [0.717, 1.165) is 6.54 Å². The lowest BCUT2D eigenvalue weighted by Crippen LogP contribution is -2.25. The van der Waals surface area contributed by atoms with Gasteiger partial charge in [-0.2, -0.15) is 0 Å². The number of hydrogen-bond donors (Lipinski definition) is 0. The molecule has 0 radical (unpaired) electrons. The van der Waals surface area contributed by atoms with Crippen molar-refractivity contribution in [3.8, 4) is 5.69 Å². The van der Waals surface area contributed by atoms with Crippen LogP contribution in [-0.4, -0.2) is 22.6 Å². The van der Waals surface area contributed by atoms with Gasteiger partial charge in [0.25, 0.3) is 0 Å². The van der Waals surface area contributed by atoms with Crippen molar-refractivity contribution < 1.29 is 0 Å². The summed E-state index contributed by atoms with van der Waals surface area (Å²) in [4.78, 5) is 2.61. The lowest BCUT2D eigenvalue weighted by molar-refractivity contribution is 0.272. The SMILES string of the molecule is Cc1cccc(-n2cccc2CN2CCCCCC2)c1. The minimum absolute atomic E-state index is 1.07. The van der Waals surface area contributed by atoms with Gasteiger partial charge < -0.3 is 4.57 Å². The maximum atomic E-state index is 2.61. The van der Waals surface area contributed by atoms with Crippen LogP contribution in [0.25, 0.3) is 5.69 Å². The van der Waals surface area contributed by atoms with Crippen molar-refractivity contribution >= 4 is 0 Å². The molecule has 1 aliphatic rings. The molecule has 0 saturated carbocycles. The van der Waals surface area contributed by atoms with Crippen molar-refractivity contribution in [2.45, 2.75) is 39.2 Å². The summed E-state index contributed by atoms with van der Waals surface area (Å²) in [6.07, 6.45) is 7.68. The average Bonchev–Trinajstić information content (AvgIpc) is 2.74. The van der Waals surface area contributed by atoms with Gasteiger partial charge in [-0.1, -0.05) is 25.0 Å². The van der Waals surface area contributed by atoms with Crippen LogP contribution in [0, 0.1) is 6.92 Å². The molecule has 20 heavy (non-hydrogen) atoms. The summed E-state index contributed by atoms with van der Waals surface area (Å²) in [5.74, 6) is 0. The Bertz CT molecular complexity index is 548. The fourth-order valence-corrected chi connectivity index (χ4v) is 3.10. The number of nitrogens with zero attached hydrogens (tertiary/aromatic N) is 2. The van der Waals surface area contributed by atoms with E-state index < -0.39 is 0 Å². The maximum absolute atomic E-state index is 2.61. The molecule has 3 rings (SSSR count). The molecule has 1 fully saturated rings. The Kier molecular flexibility index (Phi) is 4.22. The molecule has 0 unspecified atom stereocenters. The van der Waals surface area contributed by atoms with Crippen molar-refractivity contribution in [1.82, 2.24) is 9.47 Å². The minimum Gasteiger partial charge on any atom is -0.320 e. The molecule has 106 valence electrons. The zero-order valence-corrected chi connectivity index (χ0v) is 12.4.